The Labute approximate surface area is 185 Å². The van der Waals surface area contributed by atoms with Crippen LogP contribution in [0, 0.1) is 6.92 Å². The molecule has 1 aliphatic rings. The van der Waals surface area contributed by atoms with Crippen molar-refractivity contribution in [2.75, 3.05) is 11.9 Å². The van der Waals surface area contributed by atoms with Crippen LogP contribution in [0.3, 0.4) is 0 Å². The molecule has 1 aliphatic heterocycles. The summed E-state index contributed by atoms with van der Waals surface area (Å²) in [5, 5.41) is 15.3. The number of fused-ring (bicyclic) bond motifs is 1. The quantitative estimate of drug-likeness (QED) is 0.428. The highest BCUT2D eigenvalue weighted by atomic mass is 16.4. The van der Waals surface area contributed by atoms with Crippen LogP contribution in [0.5, 0.6) is 0 Å². The number of nitrogens with zero attached hydrogens (tertiary/aromatic N) is 3. The summed E-state index contributed by atoms with van der Waals surface area (Å²) >= 11 is 0. The van der Waals surface area contributed by atoms with Crippen molar-refractivity contribution in [2.45, 2.75) is 45.1 Å². The fourth-order valence-electron chi connectivity index (χ4n) is 3.74. The maximum Gasteiger partial charge on any atom is 0.305 e. The van der Waals surface area contributed by atoms with E-state index in [1.54, 1.807) is 19.2 Å². The van der Waals surface area contributed by atoms with Crippen LogP contribution in [-0.4, -0.2) is 43.5 Å². The first kappa shape index (κ1) is 21.5. The Morgan fingerprint density at radius 3 is 2.81 bits per heavy atom. The van der Waals surface area contributed by atoms with Crippen molar-refractivity contribution in [3.63, 3.8) is 0 Å². The van der Waals surface area contributed by atoms with E-state index >= 15 is 0 Å². The Hall–Kier alpha value is -3.75. The molecule has 3 aromatic rings. The molecular weight excluding hydrogens is 408 g/mol. The van der Waals surface area contributed by atoms with Gasteiger partial charge < -0.3 is 20.7 Å². The molecule has 9 nitrogen and oxygen atoms in total. The Balaban J connectivity index is 1.39. The molecule has 166 valence electrons. The maximum absolute atomic E-state index is 12.7. The molecule has 4 rings (SSSR count). The number of aromatic amines is 1. The average molecular weight is 435 g/mol. The molecule has 1 unspecified atom stereocenters. The number of carbonyl (C=O) groups excluding carboxylic acids is 1. The molecule has 0 aliphatic carbocycles. The highest BCUT2D eigenvalue weighted by molar-refractivity contribution is 5.93. The number of rotatable bonds is 8. The number of carbonyl (C=O) groups is 2. The Bertz CT molecular complexity index is 1110. The van der Waals surface area contributed by atoms with Gasteiger partial charge >= 0.3 is 5.97 Å². The Kier molecular flexibility index (Phi) is 6.44. The van der Waals surface area contributed by atoms with Gasteiger partial charge in [0, 0.05) is 36.4 Å². The maximum atomic E-state index is 12.7. The van der Waals surface area contributed by atoms with Crippen molar-refractivity contribution >= 4 is 17.7 Å². The molecule has 0 saturated carbocycles. The second kappa shape index (κ2) is 9.59. The van der Waals surface area contributed by atoms with Gasteiger partial charge in [-0.3, -0.25) is 9.59 Å². The zero-order valence-electron chi connectivity index (χ0n) is 17.9. The summed E-state index contributed by atoms with van der Waals surface area (Å²) in [4.78, 5) is 39.9. The molecule has 0 fully saturated rings. The van der Waals surface area contributed by atoms with Gasteiger partial charge in [-0.25, -0.2) is 15.0 Å². The number of aromatic nitrogens is 4. The Morgan fingerprint density at radius 1 is 1.22 bits per heavy atom. The first-order valence-electron chi connectivity index (χ1n) is 10.7. The van der Waals surface area contributed by atoms with Gasteiger partial charge in [0.05, 0.1) is 12.5 Å². The number of hydrogen-bond donors (Lipinski definition) is 4. The van der Waals surface area contributed by atoms with E-state index in [-0.39, 0.29) is 12.3 Å². The topological polar surface area (TPSA) is 133 Å². The fraction of sp³-hybridized carbons (Fsp3) is 0.348. The minimum Gasteiger partial charge on any atom is -0.481 e. The lowest BCUT2D eigenvalue weighted by atomic mass is 10.1. The van der Waals surface area contributed by atoms with Crippen molar-refractivity contribution in [3.8, 4) is 0 Å². The number of aliphatic carboxylic acids is 1. The van der Waals surface area contributed by atoms with Gasteiger partial charge in [0.15, 0.2) is 0 Å². The highest BCUT2D eigenvalue weighted by Crippen LogP contribution is 2.21. The minimum absolute atomic E-state index is 0.260. The molecule has 9 heteroatoms. The summed E-state index contributed by atoms with van der Waals surface area (Å²) in [5.74, 6) is 0.161. The van der Waals surface area contributed by atoms with Gasteiger partial charge in [-0.2, -0.15) is 0 Å². The van der Waals surface area contributed by atoms with E-state index in [1.807, 2.05) is 0 Å². The number of carboxylic acids is 1. The molecule has 1 atom stereocenters. The van der Waals surface area contributed by atoms with Crippen LogP contribution in [-0.2, 0) is 24.1 Å². The number of aryl methyl sites for hydroxylation is 4. The number of carboxylic acid groups (broad SMARTS) is 1. The van der Waals surface area contributed by atoms with E-state index in [0.29, 0.717) is 17.1 Å². The van der Waals surface area contributed by atoms with Crippen LogP contribution < -0.4 is 10.6 Å². The summed E-state index contributed by atoms with van der Waals surface area (Å²) in [7, 11) is 0. The van der Waals surface area contributed by atoms with Gasteiger partial charge in [-0.05, 0) is 55.9 Å². The van der Waals surface area contributed by atoms with E-state index in [1.165, 1.54) is 18.0 Å². The van der Waals surface area contributed by atoms with E-state index < -0.39 is 12.0 Å². The third-order valence-electron chi connectivity index (χ3n) is 5.50. The van der Waals surface area contributed by atoms with Gasteiger partial charge in [0.2, 0.25) is 0 Å². The lowest BCUT2D eigenvalue weighted by Crippen LogP contribution is -2.30. The van der Waals surface area contributed by atoms with Crippen molar-refractivity contribution in [3.05, 3.63) is 70.7 Å². The number of H-pyrrole nitrogens is 1. The standard InChI is InChI=1S/C23H26N6O3/c1-14-25-12-17(13-26-14)19(10-21(30)31)29-23(32)20-9-15(11-27-20)4-6-18-7-5-16-3-2-8-24-22(16)28-18/h5,7,9,11-13,19,27H,2-4,6,8,10H2,1H3,(H,24,28)(H,29,32)(H,30,31). The van der Waals surface area contributed by atoms with Crippen LogP contribution in [0.25, 0.3) is 0 Å². The van der Waals surface area contributed by atoms with Gasteiger partial charge in [0.1, 0.15) is 17.3 Å². The second-order valence-corrected chi connectivity index (χ2v) is 7.95. The van der Waals surface area contributed by atoms with Gasteiger partial charge in [0.25, 0.3) is 5.91 Å². The summed E-state index contributed by atoms with van der Waals surface area (Å²) in [6, 6.07) is 5.26. The summed E-state index contributed by atoms with van der Waals surface area (Å²) in [6.45, 7) is 2.70. The van der Waals surface area contributed by atoms with Crippen molar-refractivity contribution in [2.24, 2.45) is 0 Å². The molecule has 0 aromatic carbocycles. The van der Waals surface area contributed by atoms with Crippen molar-refractivity contribution in [1.82, 2.24) is 25.3 Å². The SMILES string of the molecule is Cc1ncc(C(CC(=O)O)NC(=O)c2cc(CCc3ccc4c(n3)NCCC4)c[nH]2)cn1. The van der Waals surface area contributed by atoms with Gasteiger partial charge in [-0.1, -0.05) is 6.07 Å². The monoisotopic (exact) mass is 434 g/mol. The van der Waals surface area contributed by atoms with E-state index in [9.17, 15) is 14.7 Å². The van der Waals surface area contributed by atoms with E-state index in [2.05, 4.69) is 37.7 Å². The smallest absolute Gasteiger partial charge is 0.305 e. The average Bonchev–Trinajstić information content (AvgIpc) is 3.26. The van der Waals surface area contributed by atoms with Crippen LogP contribution in [0.4, 0.5) is 5.82 Å². The molecule has 32 heavy (non-hydrogen) atoms. The Morgan fingerprint density at radius 2 is 2.03 bits per heavy atom. The van der Waals surface area contributed by atoms with Crippen LogP contribution in [0.2, 0.25) is 0 Å². The lowest BCUT2D eigenvalue weighted by molar-refractivity contribution is -0.137. The number of pyridine rings is 1. The third kappa shape index (κ3) is 5.29. The normalized spacial score (nSPS) is 13.7. The van der Waals surface area contributed by atoms with Crippen LogP contribution >= 0.6 is 0 Å². The molecular formula is C23H26N6O3. The first-order valence-corrected chi connectivity index (χ1v) is 10.7. The number of nitrogens with one attached hydrogen (secondary N) is 3. The van der Waals surface area contributed by atoms with Crippen LogP contribution in [0.1, 0.15) is 57.6 Å². The molecule has 1 amide bonds. The van der Waals surface area contributed by atoms with Gasteiger partial charge in [-0.15, -0.1) is 0 Å². The number of hydrogen-bond acceptors (Lipinski definition) is 6. The largest absolute Gasteiger partial charge is 0.481 e. The molecule has 0 radical (unpaired) electrons. The highest BCUT2D eigenvalue weighted by Gasteiger charge is 2.20. The van der Waals surface area contributed by atoms with Crippen molar-refractivity contribution in [1.29, 1.82) is 0 Å². The zero-order chi connectivity index (χ0) is 22.5. The summed E-state index contributed by atoms with van der Waals surface area (Å²) < 4.78 is 0. The van der Waals surface area contributed by atoms with E-state index in [0.717, 1.165) is 49.3 Å². The predicted octanol–water partition coefficient (Wildman–Crippen LogP) is 2.60. The summed E-state index contributed by atoms with van der Waals surface area (Å²) in [5.41, 5.74) is 4.17. The van der Waals surface area contributed by atoms with Crippen LogP contribution in [0.15, 0.2) is 36.8 Å². The van der Waals surface area contributed by atoms with Crippen molar-refractivity contribution < 1.29 is 14.7 Å². The molecule has 4 N–H and O–H groups in total. The molecule has 0 spiro atoms. The predicted molar refractivity (Wildman–Crippen MR) is 118 cm³/mol. The molecule has 0 saturated heterocycles. The second-order valence-electron chi connectivity index (χ2n) is 7.95. The first-order chi connectivity index (χ1) is 15.5. The minimum atomic E-state index is -1.02. The number of amides is 1. The third-order valence-corrected chi connectivity index (χ3v) is 5.50. The lowest BCUT2D eigenvalue weighted by Gasteiger charge is -2.17. The summed E-state index contributed by atoms with van der Waals surface area (Å²) in [6.07, 6.45) is 8.30. The fourth-order valence-corrected chi connectivity index (χ4v) is 3.74. The zero-order valence-corrected chi connectivity index (χ0v) is 17.9. The molecule has 4 heterocycles. The number of anilines is 1. The van der Waals surface area contributed by atoms with E-state index in [4.69, 9.17) is 4.98 Å². The molecule has 3 aromatic heterocycles. The molecule has 0 bridgehead atoms.